The minimum absolute atomic E-state index is 0.0479. The second-order valence-electron chi connectivity index (χ2n) is 9.03. The molecule has 4 fully saturated rings. The molecule has 4 saturated heterocycles. The van der Waals surface area contributed by atoms with Crippen molar-refractivity contribution >= 4 is 17.6 Å². The van der Waals surface area contributed by atoms with Gasteiger partial charge in [-0.2, -0.15) is 0 Å². The molecule has 30 heavy (non-hydrogen) atoms. The molecule has 162 valence electrons. The summed E-state index contributed by atoms with van der Waals surface area (Å²) < 4.78 is 6.30. The lowest BCUT2D eigenvalue weighted by Crippen LogP contribution is -2.54. The van der Waals surface area contributed by atoms with Gasteiger partial charge in [0.05, 0.1) is 30.1 Å². The smallest absolute Gasteiger partial charge is 0.229 e. The number of nitrogens with zero attached hydrogens (tertiary/aromatic N) is 5. The Hall–Kier alpha value is -2.26. The van der Waals surface area contributed by atoms with E-state index in [1.165, 1.54) is 0 Å². The van der Waals surface area contributed by atoms with Gasteiger partial charge < -0.3 is 25.2 Å². The van der Waals surface area contributed by atoms with Crippen LogP contribution >= 0.6 is 0 Å². The first-order valence-corrected chi connectivity index (χ1v) is 10.9. The quantitative estimate of drug-likeness (QED) is 0.722. The maximum absolute atomic E-state index is 13.5. The fourth-order valence-corrected chi connectivity index (χ4v) is 5.86. The monoisotopic (exact) mass is 414 g/mol. The van der Waals surface area contributed by atoms with Crippen molar-refractivity contribution < 1.29 is 14.3 Å². The van der Waals surface area contributed by atoms with Crippen LogP contribution in [0.2, 0.25) is 0 Å². The largest absolute Gasteiger partial charge is 0.368 e. The minimum atomic E-state index is -0.478. The second-order valence-corrected chi connectivity index (χ2v) is 9.03. The maximum Gasteiger partial charge on any atom is 0.229 e. The van der Waals surface area contributed by atoms with Crippen LogP contribution in [0.4, 0.5) is 5.82 Å². The lowest BCUT2D eigenvalue weighted by atomic mass is 9.72. The number of carbonyl (C=O) groups is 2. The highest BCUT2D eigenvalue weighted by molar-refractivity contribution is 5.92. The first-order chi connectivity index (χ1) is 14.4. The Morgan fingerprint density at radius 2 is 2.03 bits per heavy atom. The third-order valence-corrected chi connectivity index (χ3v) is 7.49. The van der Waals surface area contributed by atoms with Crippen molar-refractivity contribution in [3.63, 3.8) is 0 Å². The molecule has 2 amide bonds. The van der Waals surface area contributed by atoms with Crippen LogP contribution in [0.15, 0.2) is 6.33 Å². The number of hydrogen-bond donors (Lipinski definition) is 1. The zero-order valence-electron chi connectivity index (χ0n) is 17.7. The van der Waals surface area contributed by atoms with Gasteiger partial charge in [0.2, 0.25) is 11.8 Å². The molecule has 2 N–H and O–H groups in total. The molecular formula is C21H30N6O3. The predicted octanol–water partition coefficient (Wildman–Crippen LogP) is -0.293. The Labute approximate surface area is 176 Å². The molecule has 5 rings (SSSR count). The van der Waals surface area contributed by atoms with E-state index in [0.29, 0.717) is 32.7 Å². The first-order valence-electron chi connectivity index (χ1n) is 10.9. The first kappa shape index (κ1) is 19.7. The zero-order valence-corrected chi connectivity index (χ0v) is 17.7. The Morgan fingerprint density at radius 3 is 2.77 bits per heavy atom. The van der Waals surface area contributed by atoms with Gasteiger partial charge in [0.25, 0.3) is 0 Å². The molecule has 0 aliphatic carbocycles. The highest BCUT2D eigenvalue weighted by Gasteiger charge is 2.69. The van der Waals surface area contributed by atoms with E-state index in [1.54, 1.807) is 11.2 Å². The van der Waals surface area contributed by atoms with Crippen molar-refractivity contribution in [2.24, 2.45) is 17.6 Å². The van der Waals surface area contributed by atoms with E-state index in [2.05, 4.69) is 14.9 Å². The summed E-state index contributed by atoms with van der Waals surface area (Å²) in [5, 5.41) is 0. The lowest BCUT2D eigenvalue weighted by molar-refractivity contribution is -0.144. The molecular weight excluding hydrogens is 384 g/mol. The highest BCUT2D eigenvalue weighted by Crippen LogP contribution is 2.55. The zero-order chi connectivity index (χ0) is 21.0. The molecule has 1 spiro atoms. The molecule has 1 aromatic heterocycles. The summed E-state index contributed by atoms with van der Waals surface area (Å²) in [6.07, 6.45) is 3.19. The number of anilines is 1. The van der Waals surface area contributed by atoms with Gasteiger partial charge in [-0.25, -0.2) is 9.97 Å². The molecule has 9 heteroatoms. The van der Waals surface area contributed by atoms with Crippen molar-refractivity contribution in [2.45, 2.75) is 38.4 Å². The van der Waals surface area contributed by atoms with Crippen LogP contribution in [-0.4, -0.2) is 89.1 Å². The standard InChI is InChI=1S/C21H30N6O3/c1-13-14(2)23-12-24-18(13)25-7-9-26(10-8-25)19(28)16-15-3-4-21(30-15)11-27(6-5-22)20(29)17(16)21/h12,15-17H,3-11,22H2,1-2H3/t15-,16-,17+,21-/m0/s1. The summed E-state index contributed by atoms with van der Waals surface area (Å²) in [5.74, 6) is 0.361. The van der Waals surface area contributed by atoms with E-state index in [4.69, 9.17) is 10.5 Å². The van der Waals surface area contributed by atoms with Gasteiger partial charge in [-0.1, -0.05) is 0 Å². The van der Waals surface area contributed by atoms with Gasteiger partial charge in [-0.15, -0.1) is 0 Å². The summed E-state index contributed by atoms with van der Waals surface area (Å²) in [4.78, 5) is 41.2. The number of hydrogen-bond acceptors (Lipinski definition) is 7. The van der Waals surface area contributed by atoms with Crippen LogP contribution in [0.1, 0.15) is 24.1 Å². The van der Waals surface area contributed by atoms with Crippen molar-refractivity contribution in [3.05, 3.63) is 17.6 Å². The lowest BCUT2D eigenvalue weighted by Gasteiger charge is -2.38. The van der Waals surface area contributed by atoms with E-state index in [0.717, 1.165) is 43.0 Å². The second kappa shape index (κ2) is 7.16. The molecule has 4 aliphatic heterocycles. The summed E-state index contributed by atoms with van der Waals surface area (Å²) in [6, 6.07) is 0. The number of aryl methyl sites for hydroxylation is 1. The molecule has 0 unspecified atom stereocenters. The molecule has 0 radical (unpaired) electrons. The number of ether oxygens (including phenoxy) is 1. The SMILES string of the molecule is Cc1ncnc(N2CCN(C(=O)[C@H]3[C@@H]4CC[C@@]5(CN(CCN)C(=O)[C@@H]35)O4)CC2)c1C. The Bertz CT molecular complexity index is 870. The minimum Gasteiger partial charge on any atom is -0.368 e. The summed E-state index contributed by atoms with van der Waals surface area (Å²) >= 11 is 0. The van der Waals surface area contributed by atoms with Gasteiger partial charge in [0.1, 0.15) is 12.1 Å². The molecule has 2 bridgehead atoms. The van der Waals surface area contributed by atoms with E-state index in [9.17, 15) is 9.59 Å². The molecule has 4 aliphatic rings. The van der Waals surface area contributed by atoms with Crippen molar-refractivity contribution in [2.75, 3.05) is 50.7 Å². The summed E-state index contributed by atoms with van der Waals surface area (Å²) in [5.41, 5.74) is 7.26. The molecule has 9 nitrogen and oxygen atoms in total. The molecule has 4 atom stereocenters. The van der Waals surface area contributed by atoms with Crippen LogP contribution in [0.25, 0.3) is 0 Å². The number of carbonyl (C=O) groups excluding carboxylic acids is 2. The molecule has 5 heterocycles. The van der Waals surface area contributed by atoms with E-state index >= 15 is 0 Å². The molecule has 1 aromatic rings. The average molecular weight is 415 g/mol. The van der Waals surface area contributed by atoms with Crippen LogP contribution in [0, 0.1) is 25.7 Å². The van der Waals surface area contributed by atoms with E-state index in [1.807, 2.05) is 18.7 Å². The van der Waals surface area contributed by atoms with E-state index in [-0.39, 0.29) is 29.8 Å². The number of rotatable bonds is 4. The van der Waals surface area contributed by atoms with Gasteiger partial charge in [0.15, 0.2) is 0 Å². The van der Waals surface area contributed by atoms with E-state index < -0.39 is 5.60 Å². The summed E-state index contributed by atoms with van der Waals surface area (Å²) in [6.45, 7) is 8.27. The predicted molar refractivity (Wildman–Crippen MR) is 110 cm³/mol. The normalized spacial score (nSPS) is 32.8. The number of amides is 2. The van der Waals surface area contributed by atoms with Crippen LogP contribution < -0.4 is 10.6 Å². The van der Waals surface area contributed by atoms with Crippen molar-refractivity contribution in [1.82, 2.24) is 19.8 Å². The maximum atomic E-state index is 13.5. The molecule has 0 aromatic carbocycles. The van der Waals surface area contributed by atoms with Gasteiger partial charge >= 0.3 is 0 Å². The van der Waals surface area contributed by atoms with Gasteiger partial charge in [-0.3, -0.25) is 9.59 Å². The fourth-order valence-electron chi connectivity index (χ4n) is 5.86. The van der Waals surface area contributed by atoms with Crippen LogP contribution in [0.5, 0.6) is 0 Å². The van der Waals surface area contributed by atoms with Crippen LogP contribution in [0.3, 0.4) is 0 Å². The number of likely N-dealkylation sites (tertiary alicyclic amines) is 1. The third-order valence-electron chi connectivity index (χ3n) is 7.49. The Balaban J connectivity index is 1.29. The summed E-state index contributed by atoms with van der Waals surface area (Å²) in [7, 11) is 0. The average Bonchev–Trinajstić information content (AvgIpc) is 3.38. The fraction of sp³-hybridized carbons (Fsp3) is 0.714. The Kier molecular flexibility index (Phi) is 4.70. The molecule has 0 saturated carbocycles. The van der Waals surface area contributed by atoms with Crippen molar-refractivity contribution in [3.8, 4) is 0 Å². The number of piperazine rings is 1. The van der Waals surface area contributed by atoms with Crippen molar-refractivity contribution in [1.29, 1.82) is 0 Å². The number of fused-ring (bicyclic) bond motifs is 1. The third kappa shape index (κ3) is 2.82. The Morgan fingerprint density at radius 1 is 1.27 bits per heavy atom. The number of nitrogens with two attached hydrogens (primary N) is 1. The van der Waals surface area contributed by atoms with Crippen LogP contribution in [-0.2, 0) is 14.3 Å². The highest BCUT2D eigenvalue weighted by atomic mass is 16.5. The van der Waals surface area contributed by atoms with Gasteiger partial charge in [-0.05, 0) is 26.7 Å². The van der Waals surface area contributed by atoms with Gasteiger partial charge in [0, 0.05) is 50.5 Å². The topological polar surface area (TPSA) is 105 Å². The number of aromatic nitrogens is 2.